The molecule has 11 heteroatoms. The molecule has 3 rings (SSSR count). The number of rotatable bonds is 5. The largest absolute Gasteiger partial charge is 0.445 e. The Labute approximate surface area is 196 Å². The molecule has 1 aromatic carbocycles. The maximum Gasteiger partial charge on any atom is 0.407 e. The molecule has 0 saturated heterocycles. The molecule has 1 fully saturated rings. The predicted molar refractivity (Wildman–Crippen MR) is 123 cm³/mol. The van der Waals surface area contributed by atoms with Crippen molar-refractivity contribution in [2.24, 2.45) is 0 Å². The first kappa shape index (κ1) is 25.0. The monoisotopic (exact) mass is 475 g/mol. The molecule has 4 N–H and O–H groups in total. The number of anilines is 1. The van der Waals surface area contributed by atoms with Crippen LogP contribution >= 0.6 is 0 Å². The molecule has 1 heterocycles. The zero-order valence-electron chi connectivity index (χ0n) is 19.5. The van der Waals surface area contributed by atoms with E-state index in [9.17, 15) is 18.8 Å². The second kappa shape index (κ2) is 10.5. The highest BCUT2D eigenvalue weighted by Gasteiger charge is 2.26. The first-order valence-electron chi connectivity index (χ1n) is 11.1. The van der Waals surface area contributed by atoms with E-state index in [-0.39, 0.29) is 35.8 Å². The molecule has 0 spiro atoms. The number of hydrogen-bond acceptors (Lipinski definition) is 7. The lowest BCUT2D eigenvalue weighted by molar-refractivity contribution is 0.0488. The van der Waals surface area contributed by atoms with E-state index >= 15 is 0 Å². The van der Waals surface area contributed by atoms with E-state index in [2.05, 4.69) is 15.6 Å². The van der Waals surface area contributed by atoms with Crippen LogP contribution < -0.4 is 22.1 Å². The van der Waals surface area contributed by atoms with Gasteiger partial charge in [-0.15, -0.1) is 0 Å². The number of benzene rings is 1. The standard InChI is InChI=1S/C23H30FN5O5/c1-23(2,3)34-22(32)27-16-7-5-15(6-8-16)26-21(31)33-13-14-4-9-17(12-18(14)24)29-11-10-19(25)28-20(29)30/h4,9-12,15-16H,5-8,13H2,1-3H3,(H,26,31)(H,27,32)(H2,25,28,30)/t15-,16-. The van der Waals surface area contributed by atoms with Crippen molar-refractivity contribution in [1.82, 2.24) is 20.2 Å². The lowest BCUT2D eigenvalue weighted by Gasteiger charge is -2.30. The van der Waals surface area contributed by atoms with E-state index in [1.807, 2.05) is 0 Å². The Hall–Kier alpha value is -3.63. The van der Waals surface area contributed by atoms with Crippen LogP contribution in [0.2, 0.25) is 0 Å². The van der Waals surface area contributed by atoms with Crippen LogP contribution in [0.25, 0.3) is 5.69 Å². The van der Waals surface area contributed by atoms with E-state index in [0.717, 1.165) is 10.6 Å². The highest BCUT2D eigenvalue weighted by atomic mass is 19.1. The van der Waals surface area contributed by atoms with Crippen molar-refractivity contribution in [2.45, 2.75) is 70.7 Å². The summed E-state index contributed by atoms with van der Waals surface area (Å²) in [6.45, 7) is 5.15. The molecule has 0 aliphatic heterocycles. The third-order valence-electron chi connectivity index (χ3n) is 5.27. The number of nitrogen functional groups attached to an aromatic ring is 1. The van der Waals surface area contributed by atoms with Crippen molar-refractivity contribution >= 4 is 18.0 Å². The molecule has 10 nitrogen and oxygen atoms in total. The Morgan fingerprint density at radius 3 is 2.29 bits per heavy atom. The van der Waals surface area contributed by atoms with Gasteiger partial charge in [-0.05, 0) is 64.7 Å². The molecule has 1 saturated carbocycles. The lowest BCUT2D eigenvalue weighted by Crippen LogP contribution is -2.45. The fourth-order valence-corrected chi connectivity index (χ4v) is 3.62. The Bertz CT molecular complexity index is 1090. The Kier molecular flexibility index (Phi) is 7.75. The van der Waals surface area contributed by atoms with Crippen LogP contribution in [0.1, 0.15) is 52.0 Å². The quantitative estimate of drug-likeness (QED) is 0.604. The minimum Gasteiger partial charge on any atom is -0.445 e. The zero-order valence-corrected chi connectivity index (χ0v) is 19.5. The first-order valence-corrected chi connectivity index (χ1v) is 11.1. The zero-order chi connectivity index (χ0) is 24.9. The molecule has 0 bridgehead atoms. The number of alkyl carbamates (subject to hydrolysis) is 2. The number of nitrogens with one attached hydrogen (secondary N) is 2. The summed E-state index contributed by atoms with van der Waals surface area (Å²) in [6.07, 6.45) is 3.03. The number of ether oxygens (including phenoxy) is 2. The summed E-state index contributed by atoms with van der Waals surface area (Å²) in [5.74, 6) is -0.548. The van der Waals surface area contributed by atoms with Gasteiger partial charge in [0.1, 0.15) is 23.8 Å². The van der Waals surface area contributed by atoms with Crippen LogP contribution in [-0.4, -0.2) is 39.4 Å². The van der Waals surface area contributed by atoms with Gasteiger partial charge in [0.25, 0.3) is 0 Å². The van der Waals surface area contributed by atoms with Crippen LogP contribution in [-0.2, 0) is 16.1 Å². The number of aromatic nitrogens is 2. The SMILES string of the molecule is CC(C)(C)OC(=O)N[C@H]1CC[C@H](NC(=O)OCc2ccc(-n3ccc(N)nc3=O)cc2F)CC1. The average molecular weight is 476 g/mol. The van der Waals surface area contributed by atoms with Gasteiger partial charge in [0, 0.05) is 23.8 Å². The topological polar surface area (TPSA) is 138 Å². The summed E-state index contributed by atoms with van der Waals surface area (Å²) in [5.41, 5.74) is 4.73. The van der Waals surface area contributed by atoms with E-state index in [1.54, 1.807) is 20.8 Å². The summed E-state index contributed by atoms with van der Waals surface area (Å²) in [6, 6.07) is 5.45. The van der Waals surface area contributed by atoms with Gasteiger partial charge in [-0.3, -0.25) is 4.57 Å². The van der Waals surface area contributed by atoms with Crippen molar-refractivity contribution in [1.29, 1.82) is 0 Å². The normalized spacial score (nSPS) is 18.1. The van der Waals surface area contributed by atoms with Gasteiger partial charge >= 0.3 is 17.9 Å². The van der Waals surface area contributed by atoms with Gasteiger partial charge in [0.15, 0.2) is 0 Å². The van der Waals surface area contributed by atoms with Gasteiger partial charge in [-0.25, -0.2) is 18.8 Å². The van der Waals surface area contributed by atoms with Crippen molar-refractivity contribution in [3.05, 3.63) is 52.3 Å². The van der Waals surface area contributed by atoms with E-state index in [0.29, 0.717) is 25.7 Å². The predicted octanol–water partition coefficient (Wildman–Crippen LogP) is 3.02. The van der Waals surface area contributed by atoms with Crippen molar-refractivity contribution < 1.29 is 23.5 Å². The fourth-order valence-electron chi connectivity index (χ4n) is 3.62. The Morgan fingerprint density at radius 2 is 1.74 bits per heavy atom. The van der Waals surface area contributed by atoms with Gasteiger partial charge in [0.2, 0.25) is 0 Å². The second-order valence-electron chi connectivity index (χ2n) is 9.20. The van der Waals surface area contributed by atoms with Gasteiger partial charge < -0.3 is 25.8 Å². The molecule has 184 valence electrons. The molecule has 2 amide bonds. The van der Waals surface area contributed by atoms with Gasteiger partial charge in [0.05, 0.1) is 5.69 Å². The van der Waals surface area contributed by atoms with E-state index < -0.39 is 29.3 Å². The number of nitrogens with two attached hydrogens (primary N) is 1. The average Bonchev–Trinajstić information content (AvgIpc) is 2.73. The molecule has 1 aliphatic rings. The van der Waals surface area contributed by atoms with Crippen LogP contribution in [0.5, 0.6) is 0 Å². The van der Waals surface area contributed by atoms with Crippen LogP contribution in [0.15, 0.2) is 35.3 Å². The smallest absolute Gasteiger partial charge is 0.407 e. The Morgan fingerprint density at radius 1 is 1.12 bits per heavy atom. The third kappa shape index (κ3) is 7.19. The molecular formula is C23H30FN5O5. The Balaban J connectivity index is 1.45. The summed E-state index contributed by atoms with van der Waals surface area (Å²) >= 11 is 0. The van der Waals surface area contributed by atoms with E-state index in [4.69, 9.17) is 15.2 Å². The summed E-state index contributed by atoms with van der Waals surface area (Å²) in [7, 11) is 0. The third-order valence-corrected chi connectivity index (χ3v) is 5.27. The first-order chi connectivity index (χ1) is 16.0. The molecule has 34 heavy (non-hydrogen) atoms. The van der Waals surface area contributed by atoms with Gasteiger partial charge in [-0.1, -0.05) is 6.07 Å². The molecule has 0 radical (unpaired) electrons. The molecule has 2 aromatic rings. The van der Waals surface area contributed by atoms with Crippen LogP contribution in [0, 0.1) is 5.82 Å². The highest BCUT2D eigenvalue weighted by molar-refractivity contribution is 5.68. The van der Waals surface area contributed by atoms with Crippen molar-refractivity contribution in [3.8, 4) is 5.69 Å². The maximum atomic E-state index is 14.5. The van der Waals surface area contributed by atoms with Crippen molar-refractivity contribution in [3.63, 3.8) is 0 Å². The second-order valence-corrected chi connectivity index (χ2v) is 9.20. The summed E-state index contributed by atoms with van der Waals surface area (Å²) < 4.78 is 26.1. The number of halogens is 1. The molecule has 0 unspecified atom stereocenters. The van der Waals surface area contributed by atoms with Crippen molar-refractivity contribution in [2.75, 3.05) is 5.73 Å². The van der Waals surface area contributed by atoms with Gasteiger partial charge in [-0.2, -0.15) is 4.98 Å². The molecular weight excluding hydrogens is 445 g/mol. The summed E-state index contributed by atoms with van der Waals surface area (Å²) in [5, 5.41) is 5.62. The van der Waals surface area contributed by atoms with E-state index in [1.165, 1.54) is 24.4 Å². The summed E-state index contributed by atoms with van der Waals surface area (Å²) in [4.78, 5) is 39.6. The molecule has 0 atom stereocenters. The lowest BCUT2D eigenvalue weighted by atomic mass is 9.91. The highest BCUT2D eigenvalue weighted by Crippen LogP contribution is 2.20. The minimum absolute atomic E-state index is 0.0136. The number of hydrogen-bond donors (Lipinski definition) is 3. The molecule has 1 aliphatic carbocycles. The number of nitrogens with zero attached hydrogens (tertiary/aromatic N) is 2. The fraction of sp³-hybridized carbons (Fsp3) is 0.478. The minimum atomic E-state index is -0.647. The van der Waals surface area contributed by atoms with Crippen LogP contribution in [0.4, 0.5) is 19.8 Å². The van der Waals surface area contributed by atoms with Crippen LogP contribution in [0.3, 0.4) is 0 Å². The number of amides is 2. The number of carbonyl (C=O) groups is 2. The molecule has 1 aromatic heterocycles. The number of carbonyl (C=O) groups excluding carboxylic acids is 2. The maximum absolute atomic E-state index is 14.5.